The number of amides is 1. The second-order valence-corrected chi connectivity index (χ2v) is 6.79. The Morgan fingerprint density at radius 1 is 1.30 bits per heavy atom. The molecule has 0 N–H and O–H groups in total. The molecule has 1 saturated carbocycles. The van der Waals surface area contributed by atoms with Gasteiger partial charge in [0.05, 0.1) is 13.7 Å². The van der Waals surface area contributed by atoms with E-state index in [-0.39, 0.29) is 24.4 Å². The van der Waals surface area contributed by atoms with Gasteiger partial charge >= 0.3 is 5.97 Å². The number of benzene rings is 1. The van der Waals surface area contributed by atoms with E-state index in [0.717, 1.165) is 12.8 Å². The summed E-state index contributed by atoms with van der Waals surface area (Å²) >= 11 is 0. The van der Waals surface area contributed by atoms with Gasteiger partial charge in [-0.2, -0.15) is 0 Å². The molecule has 7 nitrogen and oxygen atoms in total. The van der Waals surface area contributed by atoms with Crippen LogP contribution in [0.15, 0.2) is 34.9 Å². The van der Waals surface area contributed by atoms with E-state index in [1.165, 1.54) is 24.1 Å². The van der Waals surface area contributed by atoms with E-state index in [2.05, 4.69) is 5.16 Å². The van der Waals surface area contributed by atoms with Gasteiger partial charge in [0.2, 0.25) is 0 Å². The zero-order valence-electron chi connectivity index (χ0n) is 14.8. The van der Waals surface area contributed by atoms with Crippen LogP contribution in [-0.2, 0) is 9.53 Å². The van der Waals surface area contributed by atoms with Crippen LogP contribution in [0, 0.1) is 5.82 Å². The van der Waals surface area contributed by atoms with Gasteiger partial charge in [0.15, 0.2) is 17.3 Å². The lowest BCUT2D eigenvalue weighted by molar-refractivity contribution is -0.145. The number of nitrogens with zero attached hydrogens (tertiary/aromatic N) is 2. The van der Waals surface area contributed by atoms with Crippen LogP contribution < -0.4 is 4.74 Å². The molecule has 2 unspecified atom stereocenters. The molecule has 1 aromatic heterocycles. The number of likely N-dealkylation sites (tertiary alicyclic amines) is 1. The summed E-state index contributed by atoms with van der Waals surface area (Å²) in [6.45, 7) is 0.124. The van der Waals surface area contributed by atoms with Crippen molar-refractivity contribution in [3.8, 4) is 5.75 Å². The molecule has 2 aromatic rings. The number of carbonyl (C=O) groups is 2. The predicted octanol–water partition coefficient (Wildman–Crippen LogP) is 2.53. The van der Waals surface area contributed by atoms with E-state index in [4.69, 9.17) is 14.0 Å². The normalized spacial score (nSPS) is 21.9. The van der Waals surface area contributed by atoms with Crippen LogP contribution >= 0.6 is 0 Å². The number of esters is 1. The van der Waals surface area contributed by atoms with Gasteiger partial charge in [0.1, 0.15) is 17.9 Å². The molecular weight excluding hydrogens is 355 g/mol. The summed E-state index contributed by atoms with van der Waals surface area (Å²) in [5.74, 6) is -0.382. The van der Waals surface area contributed by atoms with Gasteiger partial charge in [0, 0.05) is 18.4 Å². The monoisotopic (exact) mass is 374 g/mol. The van der Waals surface area contributed by atoms with E-state index < -0.39 is 29.8 Å². The fourth-order valence-electron chi connectivity index (χ4n) is 3.28. The van der Waals surface area contributed by atoms with Crippen molar-refractivity contribution in [3.05, 3.63) is 47.6 Å². The third-order valence-corrected chi connectivity index (χ3v) is 4.85. The first-order chi connectivity index (χ1) is 13.1. The van der Waals surface area contributed by atoms with Gasteiger partial charge in [-0.3, -0.25) is 4.79 Å². The van der Waals surface area contributed by atoms with E-state index >= 15 is 0 Å². The van der Waals surface area contributed by atoms with Crippen LogP contribution in [-0.4, -0.2) is 47.7 Å². The standard InChI is InChI=1S/C19H19FN2O5/c1-25-19(24)15-8-12(26-16-5-3-2-4-13(16)20)10-22(15)18(23)14-9-17(27-21-14)11-6-7-11/h2-5,9,11-12,15H,6-8,10H2,1H3. The molecule has 0 radical (unpaired) electrons. The van der Waals surface area contributed by atoms with E-state index in [0.29, 0.717) is 11.7 Å². The Balaban J connectivity index is 1.52. The number of ether oxygens (including phenoxy) is 2. The highest BCUT2D eigenvalue weighted by molar-refractivity contribution is 5.95. The van der Waals surface area contributed by atoms with E-state index in [9.17, 15) is 14.0 Å². The molecule has 142 valence electrons. The van der Waals surface area contributed by atoms with Crippen molar-refractivity contribution in [1.29, 1.82) is 0 Å². The van der Waals surface area contributed by atoms with E-state index in [1.807, 2.05) is 0 Å². The fourth-order valence-corrected chi connectivity index (χ4v) is 3.28. The summed E-state index contributed by atoms with van der Waals surface area (Å²) in [5.41, 5.74) is 0.150. The molecule has 8 heteroatoms. The molecule has 1 aliphatic heterocycles. The molecule has 0 bridgehead atoms. The molecule has 2 atom stereocenters. The molecule has 2 fully saturated rings. The Bertz CT molecular complexity index is 863. The maximum atomic E-state index is 13.9. The van der Waals surface area contributed by atoms with Crippen molar-refractivity contribution in [2.24, 2.45) is 0 Å². The first-order valence-corrected chi connectivity index (χ1v) is 8.83. The van der Waals surface area contributed by atoms with Crippen molar-refractivity contribution < 1.29 is 28.0 Å². The zero-order valence-corrected chi connectivity index (χ0v) is 14.8. The lowest BCUT2D eigenvalue weighted by Gasteiger charge is -2.20. The number of aromatic nitrogens is 1. The summed E-state index contributed by atoms with van der Waals surface area (Å²) in [4.78, 5) is 26.4. The molecular formula is C19H19FN2O5. The Kier molecular flexibility index (Phi) is 4.55. The second-order valence-electron chi connectivity index (χ2n) is 6.79. The minimum absolute atomic E-state index is 0.0814. The molecule has 1 aliphatic carbocycles. The third kappa shape index (κ3) is 3.51. The first kappa shape index (κ1) is 17.5. The van der Waals surface area contributed by atoms with Gasteiger partial charge in [-0.15, -0.1) is 0 Å². The summed E-state index contributed by atoms with van der Waals surface area (Å²) in [6.07, 6.45) is 1.72. The highest BCUT2D eigenvalue weighted by Crippen LogP contribution is 2.40. The third-order valence-electron chi connectivity index (χ3n) is 4.85. The van der Waals surface area contributed by atoms with Crippen molar-refractivity contribution in [2.75, 3.05) is 13.7 Å². The van der Waals surface area contributed by atoms with Gasteiger partial charge in [-0.25, -0.2) is 9.18 Å². The molecule has 27 heavy (non-hydrogen) atoms. The SMILES string of the molecule is COC(=O)C1CC(Oc2ccccc2F)CN1C(=O)c1cc(C2CC2)on1. The topological polar surface area (TPSA) is 81.9 Å². The number of methoxy groups -OCH3 is 1. The Labute approximate surface area is 155 Å². The minimum Gasteiger partial charge on any atom is -0.485 e. The maximum absolute atomic E-state index is 13.9. The summed E-state index contributed by atoms with van der Waals surface area (Å²) in [7, 11) is 1.26. The van der Waals surface area contributed by atoms with Crippen molar-refractivity contribution in [2.45, 2.75) is 37.3 Å². The number of rotatable bonds is 5. The number of carbonyl (C=O) groups excluding carboxylic acids is 2. The molecule has 4 rings (SSSR count). The molecule has 2 aliphatic rings. The van der Waals surface area contributed by atoms with Crippen molar-refractivity contribution >= 4 is 11.9 Å². The molecule has 2 heterocycles. The first-order valence-electron chi connectivity index (χ1n) is 8.83. The highest BCUT2D eigenvalue weighted by atomic mass is 19.1. The van der Waals surface area contributed by atoms with Crippen LogP contribution in [0.2, 0.25) is 0 Å². The van der Waals surface area contributed by atoms with Gasteiger partial charge in [0.25, 0.3) is 5.91 Å². The van der Waals surface area contributed by atoms with Gasteiger partial charge in [-0.1, -0.05) is 17.3 Å². The van der Waals surface area contributed by atoms with Crippen LogP contribution in [0.25, 0.3) is 0 Å². The Morgan fingerprint density at radius 3 is 2.78 bits per heavy atom. The lowest BCUT2D eigenvalue weighted by atomic mass is 10.2. The van der Waals surface area contributed by atoms with Crippen LogP contribution in [0.3, 0.4) is 0 Å². The smallest absolute Gasteiger partial charge is 0.328 e. The largest absolute Gasteiger partial charge is 0.485 e. The Hall–Kier alpha value is -2.90. The van der Waals surface area contributed by atoms with Crippen LogP contribution in [0.1, 0.15) is 41.4 Å². The number of halogens is 1. The van der Waals surface area contributed by atoms with Gasteiger partial charge < -0.3 is 18.9 Å². The van der Waals surface area contributed by atoms with Gasteiger partial charge in [-0.05, 0) is 25.0 Å². The molecule has 0 spiro atoms. The highest BCUT2D eigenvalue weighted by Gasteiger charge is 2.43. The Morgan fingerprint density at radius 2 is 2.07 bits per heavy atom. The summed E-state index contributed by atoms with van der Waals surface area (Å²) in [5, 5.41) is 3.85. The van der Waals surface area contributed by atoms with Crippen LogP contribution in [0.4, 0.5) is 4.39 Å². The average molecular weight is 374 g/mol. The minimum atomic E-state index is -0.819. The number of hydrogen-bond donors (Lipinski definition) is 0. The predicted molar refractivity (Wildman–Crippen MR) is 90.8 cm³/mol. The molecule has 1 saturated heterocycles. The number of para-hydroxylation sites is 1. The summed E-state index contributed by atoms with van der Waals surface area (Å²) in [6, 6.07) is 6.82. The molecule has 1 aromatic carbocycles. The second kappa shape index (κ2) is 7.02. The van der Waals surface area contributed by atoms with E-state index in [1.54, 1.807) is 18.2 Å². The molecule has 1 amide bonds. The average Bonchev–Trinajstić information content (AvgIpc) is 3.25. The quantitative estimate of drug-likeness (QED) is 0.748. The fraction of sp³-hybridized carbons (Fsp3) is 0.421. The van der Waals surface area contributed by atoms with Crippen molar-refractivity contribution in [1.82, 2.24) is 10.1 Å². The van der Waals surface area contributed by atoms with Crippen molar-refractivity contribution in [3.63, 3.8) is 0 Å². The maximum Gasteiger partial charge on any atom is 0.328 e. The van der Waals surface area contributed by atoms with Crippen LogP contribution in [0.5, 0.6) is 5.75 Å². The number of hydrogen-bond acceptors (Lipinski definition) is 6. The zero-order chi connectivity index (χ0) is 19.0. The lowest BCUT2D eigenvalue weighted by Crippen LogP contribution is -2.41. The summed E-state index contributed by atoms with van der Waals surface area (Å²) < 4.78 is 29.6.